The summed E-state index contributed by atoms with van der Waals surface area (Å²) in [4.78, 5) is 18.3. The highest BCUT2D eigenvalue weighted by atomic mass is 32.1. The summed E-state index contributed by atoms with van der Waals surface area (Å²) in [6.07, 6.45) is 1.23. The van der Waals surface area contributed by atoms with Crippen molar-refractivity contribution in [2.75, 3.05) is 13.2 Å². The highest BCUT2D eigenvalue weighted by Gasteiger charge is 2.22. The van der Waals surface area contributed by atoms with Gasteiger partial charge in [0.05, 0.1) is 18.2 Å². The summed E-state index contributed by atoms with van der Waals surface area (Å²) in [5, 5.41) is 14.3. The van der Waals surface area contributed by atoms with Gasteiger partial charge in [-0.15, -0.1) is 11.3 Å². The lowest BCUT2D eigenvalue weighted by Gasteiger charge is -2.09. The molecular formula is C24H24N2O3S. The molecule has 154 valence electrons. The predicted octanol–water partition coefficient (Wildman–Crippen LogP) is 4.93. The number of aliphatic hydroxyl groups excluding tert-OH is 1. The Morgan fingerprint density at radius 1 is 1.20 bits per heavy atom. The van der Waals surface area contributed by atoms with Gasteiger partial charge in [-0.2, -0.15) is 0 Å². The smallest absolute Gasteiger partial charge is 0.262 e. The number of fused-ring (bicyclic) bond motifs is 3. The van der Waals surface area contributed by atoms with Crippen molar-refractivity contribution >= 4 is 38.2 Å². The molecule has 0 aliphatic rings. The van der Waals surface area contributed by atoms with Crippen LogP contribution in [0, 0.1) is 6.92 Å². The molecule has 4 aromatic rings. The van der Waals surface area contributed by atoms with E-state index < -0.39 is 6.10 Å². The zero-order valence-corrected chi connectivity index (χ0v) is 18.0. The third-order valence-corrected chi connectivity index (χ3v) is 6.14. The fourth-order valence-corrected chi connectivity index (χ4v) is 4.69. The number of thiophene rings is 1. The van der Waals surface area contributed by atoms with E-state index in [1.54, 1.807) is 6.92 Å². The van der Waals surface area contributed by atoms with E-state index >= 15 is 0 Å². The number of benzene rings is 2. The highest BCUT2D eigenvalue weighted by Crippen LogP contribution is 2.42. The summed E-state index contributed by atoms with van der Waals surface area (Å²) in [6, 6.07) is 14.0. The Hall–Kier alpha value is -2.96. The highest BCUT2D eigenvalue weighted by molar-refractivity contribution is 7.22. The van der Waals surface area contributed by atoms with Crippen molar-refractivity contribution in [2.45, 2.75) is 26.9 Å². The van der Waals surface area contributed by atoms with Crippen molar-refractivity contribution < 1.29 is 14.6 Å². The molecule has 4 rings (SSSR count). The van der Waals surface area contributed by atoms with E-state index in [0.29, 0.717) is 11.5 Å². The standard InChI is InChI=1S/C24H24N2O3S/c1-4-29-17-9-10-20-18(11-17)22-19(13-25-20)21(16-7-5-14(2)6-8-16)23(30-22)24(28)26-12-15(3)27/h5-11,13,15,27H,4,12H2,1-3H3,(H,26,28)/t15-/m0/s1. The lowest BCUT2D eigenvalue weighted by Crippen LogP contribution is -2.30. The largest absolute Gasteiger partial charge is 0.494 e. The normalized spacial score (nSPS) is 12.3. The van der Waals surface area contributed by atoms with Crippen LogP contribution < -0.4 is 10.1 Å². The topological polar surface area (TPSA) is 71.5 Å². The molecule has 0 saturated carbocycles. The molecule has 0 unspecified atom stereocenters. The number of rotatable bonds is 6. The number of nitrogens with zero attached hydrogens (tertiary/aromatic N) is 1. The van der Waals surface area contributed by atoms with Crippen molar-refractivity contribution in [3.63, 3.8) is 0 Å². The number of carbonyl (C=O) groups excluding carboxylic acids is 1. The number of pyridine rings is 1. The average molecular weight is 421 g/mol. The quantitative estimate of drug-likeness (QED) is 0.464. The minimum absolute atomic E-state index is 0.193. The zero-order valence-electron chi connectivity index (χ0n) is 17.2. The monoisotopic (exact) mass is 420 g/mol. The Bertz CT molecular complexity index is 1210. The first-order chi connectivity index (χ1) is 14.5. The molecule has 6 heteroatoms. The second-order valence-electron chi connectivity index (χ2n) is 7.34. The van der Waals surface area contributed by atoms with E-state index in [2.05, 4.69) is 10.3 Å². The Balaban J connectivity index is 1.95. The van der Waals surface area contributed by atoms with E-state index in [1.165, 1.54) is 11.3 Å². The summed E-state index contributed by atoms with van der Waals surface area (Å²) < 4.78 is 6.68. The van der Waals surface area contributed by atoms with Gasteiger partial charge < -0.3 is 15.2 Å². The second-order valence-corrected chi connectivity index (χ2v) is 8.36. The predicted molar refractivity (Wildman–Crippen MR) is 122 cm³/mol. The molecule has 0 spiro atoms. The first kappa shape index (κ1) is 20.3. The van der Waals surface area contributed by atoms with Crippen LogP contribution in [0.1, 0.15) is 29.1 Å². The van der Waals surface area contributed by atoms with Crippen molar-refractivity contribution in [1.29, 1.82) is 0 Å². The third-order valence-electron chi connectivity index (χ3n) is 4.91. The molecule has 0 saturated heterocycles. The maximum Gasteiger partial charge on any atom is 0.262 e. The molecule has 0 radical (unpaired) electrons. The summed E-state index contributed by atoms with van der Waals surface area (Å²) in [7, 11) is 0. The minimum Gasteiger partial charge on any atom is -0.494 e. The van der Waals surface area contributed by atoms with Crippen LogP contribution in [0.3, 0.4) is 0 Å². The van der Waals surface area contributed by atoms with Crippen molar-refractivity contribution in [2.24, 2.45) is 0 Å². The van der Waals surface area contributed by atoms with E-state index in [9.17, 15) is 9.90 Å². The SMILES string of the molecule is CCOc1ccc2ncc3c(-c4ccc(C)cc4)c(C(=O)NC[C@H](C)O)sc3c2c1. The van der Waals surface area contributed by atoms with Gasteiger partial charge in [0.25, 0.3) is 5.91 Å². The molecule has 2 aromatic carbocycles. The molecule has 0 bridgehead atoms. The van der Waals surface area contributed by atoms with Gasteiger partial charge in [0.2, 0.25) is 0 Å². The molecule has 30 heavy (non-hydrogen) atoms. The van der Waals surface area contributed by atoms with Gasteiger partial charge in [0.15, 0.2) is 0 Å². The van der Waals surface area contributed by atoms with Crippen LogP contribution in [-0.4, -0.2) is 35.3 Å². The Labute approximate surface area is 179 Å². The molecule has 1 amide bonds. The van der Waals surface area contributed by atoms with Gasteiger partial charge >= 0.3 is 0 Å². The first-order valence-corrected chi connectivity index (χ1v) is 10.8. The number of amides is 1. The Morgan fingerprint density at radius 2 is 1.97 bits per heavy atom. The molecule has 0 aliphatic carbocycles. The van der Waals surface area contributed by atoms with E-state index in [1.807, 2.05) is 62.5 Å². The number of carbonyl (C=O) groups is 1. The molecule has 2 heterocycles. The lowest BCUT2D eigenvalue weighted by atomic mass is 10.0. The number of aliphatic hydroxyl groups is 1. The van der Waals surface area contributed by atoms with Crippen LogP contribution in [0.15, 0.2) is 48.7 Å². The van der Waals surface area contributed by atoms with Crippen LogP contribution in [-0.2, 0) is 0 Å². The van der Waals surface area contributed by atoms with Crippen LogP contribution in [0.4, 0.5) is 0 Å². The maximum absolute atomic E-state index is 13.0. The summed E-state index contributed by atoms with van der Waals surface area (Å²) in [5.41, 5.74) is 3.85. The van der Waals surface area contributed by atoms with Crippen molar-refractivity contribution in [3.05, 3.63) is 59.1 Å². The average Bonchev–Trinajstić information content (AvgIpc) is 3.13. The van der Waals surface area contributed by atoms with Crippen molar-refractivity contribution in [1.82, 2.24) is 10.3 Å². The van der Waals surface area contributed by atoms with Gasteiger partial charge in [-0.1, -0.05) is 29.8 Å². The van der Waals surface area contributed by atoms with Gasteiger partial charge in [-0.25, -0.2) is 0 Å². The van der Waals surface area contributed by atoms with Crippen LogP contribution in [0.5, 0.6) is 5.75 Å². The molecule has 2 aromatic heterocycles. The summed E-state index contributed by atoms with van der Waals surface area (Å²) in [5.74, 6) is 0.589. The van der Waals surface area contributed by atoms with Gasteiger partial charge in [0.1, 0.15) is 10.6 Å². The number of aromatic nitrogens is 1. The number of ether oxygens (including phenoxy) is 1. The van der Waals surface area contributed by atoms with Gasteiger partial charge in [0, 0.05) is 33.8 Å². The first-order valence-electron chi connectivity index (χ1n) is 9.99. The van der Waals surface area contributed by atoms with Crippen LogP contribution in [0.2, 0.25) is 0 Å². The molecule has 5 nitrogen and oxygen atoms in total. The van der Waals surface area contributed by atoms with Crippen LogP contribution in [0.25, 0.3) is 32.1 Å². The molecule has 2 N–H and O–H groups in total. The summed E-state index contributed by atoms with van der Waals surface area (Å²) >= 11 is 1.45. The van der Waals surface area contributed by atoms with E-state index in [4.69, 9.17) is 4.74 Å². The number of aryl methyl sites for hydroxylation is 1. The second kappa shape index (κ2) is 8.42. The van der Waals surface area contributed by atoms with Crippen LogP contribution >= 0.6 is 11.3 Å². The van der Waals surface area contributed by atoms with Crippen molar-refractivity contribution in [3.8, 4) is 16.9 Å². The Kier molecular flexibility index (Phi) is 5.70. The lowest BCUT2D eigenvalue weighted by molar-refractivity contribution is 0.0928. The fourth-order valence-electron chi connectivity index (χ4n) is 3.45. The van der Waals surface area contributed by atoms with E-state index in [0.717, 1.165) is 43.4 Å². The summed E-state index contributed by atoms with van der Waals surface area (Å²) in [6.45, 7) is 6.43. The molecule has 1 atom stereocenters. The van der Waals surface area contributed by atoms with Gasteiger partial charge in [-0.05, 0) is 44.5 Å². The minimum atomic E-state index is -0.609. The fraction of sp³-hybridized carbons (Fsp3) is 0.250. The van der Waals surface area contributed by atoms with Gasteiger partial charge in [-0.3, -0.25) is 9.78 Å². The van der Waals surface area contributed by atoms with E-state index in [-0.39, 0.29) is 12.5 Å². The molecule has 0 aliphatic heterocycles. The third kappa shape index (κ3) is 3.88. The molecular weight excluding hydrogens is 396 g/mol. The molecule has 0 fully saturated rings. The zero-order chi connectivity index (χ0) is 21.3. The number of hydrogen-bond acceptors (Lipinski definition) is 5. The Morgan fingerprint density at radius 3 is 2.67 bits per heavy atom. The number of hydrogen-bond donors (Lipinski definition) is 2. The maximum atomic E-state index is 13.0. The number of nitrogens with one attached hydrogen (secondary N) is 1.